The molecule has 0 saturated carbocycles. The Bertz CT molecular complexity index is 431. The monoisotopic (exact) mass is 308 g/mol. The Morgan fingerprint density at radius 3 is 2.29 bits per heavy atom. The molecular weight excluding hydrogens is 275 g/mol. The van der Waals surface area contributed by atoms with Crippen LogP contribution in [0.25, 0.3) is 0 Å². The van der Waals surface area contributed by atoms with Gasteiger partial charge in [-0.2, -0.15) is 0 Å². The topological polar surface area (TPSA) is 24.1 Å². The summed E-state index contributed by atoms with van der Waals surface area (Å²) in [5.41, 5.74) is 3.33. The van der Waals surface area contributed by atoms with Gasteiger partial charge >= 0.3 is 0 Å². The smallest absolute Gasteiger partial charge is 0.0541 e. The Balaban J connectivity index is 2.74. The zero-order chi connectivity index (χ0) is 16.3. The number of allylic oxidation sites excluding steroid dienone is 4. The summed E-state index contributed by atoms with van der Waals surface area (Å²) in [6, 6.07) is 0. The molecule has 1 aliphatic rings. The fourth-order valence-electron chi connectivity index (χ4n) is 2.39. The first-order valence-electron chi connectivity index (χ1n) is 7.88. The van der Waals surface area contributed by atoms with Crippen molar-refractivity contribution in [2.45, 2.75) is 71.7 Å². The molecule has 1 aliphatic heterocycles. The highest BCUT2D eigenvalue weighted by atomic mass is 31.1. The van der Waals surface area contributed by atoms with Crippen molar-refractivity contribution in [2.24, 2.45) is 0 Å². The quantitative estimate of drug-likeness (QED) is 0.718. The van der Waals surface area contributed by atoms with E-state index >= 15 is 0 Å². The van der Waals surface area contributed by atoms with E-state index in [9.17, 15) is 0 Å². The van der Waals surface area contributed by atoms with Crippen LogP contribution in [-0.4, -0.2) is 22.5 Å². The Hall–Kier alpha value is -0.750. The zero-order valence-corrected chi connectivity index (χ0v) is 15.9. The number of nitrogens with one attached hydrogen (secondary N) is 2. The van der Waals surface area contributed by atoms with E-state index < -0.39 is 0 Å². The molecule has 0 fully saturated rings. The molecule has 1 atom stereocenters. The molecule has 0 radical (unpaired) electrons. The van der Waals surface area contributed by atoms with Gasteiger partial charge in [0, 0.05) is 23.6 Å². The van der Waals surface area contributed by atoms with Crippen LogP contribution in [0, 0.1) is 0 Å². The molecule has 0 aromatic rings. The van der Waals surface area contributed by atoms with Crippen molar-refractivity contribution >= 4 is 7.92 Å². The van der Waals surface area contributed by atoms with Gasteiger partial charge in [0.1, 0.15) is 0 Å². The van der Waals surface area contributed by atoms with E-state index in [-0.39, 0.29) is 13.5 Å². The largest absolute Gasteiger partial charge is 0.385 e. The van der Waals surface area contributed by atoms with Crippen molar-refractivity contribution in [3.63, 3.8) is 0 Å². The average molecular weight is 308 g/mol. The average Bonchev–Trinajstić information content (AvgIpc) is 2.31. The minimum absolute atomic E-state index is 0.0468. The van der Waals surface area contributed by atoms with Crippen LogP contribution in [0.4, 0.5) is 0 Å². The summed E-state index contributed by atoms with van der Waals surface area (Å²) in [6.07, 6.45) is 9.74. The Kier molecular flexibility index (Phi) is 6.11. The molecule has 120 valence electrons. The van der Waals surface area contributed by atoms with Crippen LogP contribution in [0.5, 0.6) is 0 Å². The first-order valence-corrected chi connectivity index (χ1v) is 9.47. The van der Waals surface area contributed by atoms with Crippen molar-refractivity contribution in [1.82, 2.24) is 10.6 Å². The molecule has 0 aromatic carbocycles. The molecular formula is C18H33N2P. The molecule has 0 amide bonds. The lowest BCUT2D eigenvalue weighted by molar-refractivity contribution is 0.489. The number of hydrogen-bond donors (Lipinski definition) is 2. The molecule has 3 heteroatoms. The van der Waals surface area contributed by atoms with Crippen molar-refractivity contribution < 1.29 is 0 Å². The van der Waals surface area contributed by atoms with E-state index in [4.69, 9.17) is 0 Å². The SMILES string of the molecule is CC(C)P(CC1=CC=CC(=CNC(C)(C)C)N1)C(C)(C)C. The van der Waals surface area contributed by atoms with Crippen LogP contribution >= 0.6 is 7.92 Å². The van der Waals surface area contributed by atoms with Gasteiger partial charge in [-0.25, -0.2) is 0 Å². The lowest BCUT2D eigenvalue weighted by Crippen LogP contribution is -2.33. The van der Waals surface area contributed by atoms with E-state index in [0.29, 0.717) is 5.16 Å². The van der Waals surface area contributed by atoms with Crippen LogP contribution in [-0.2, 0) is 0 Å². The minimum Gasteiger partial charge on any atom is -0.385 e. The minimum atomic E-state index is -0.0468. The number of hydrogen-bond acceptors (Lipinski definition) is 2. The highest BCUT2D eigenvalue weighted by Gasteiger charge is 2.27. The summed E-state index contributed by atoms with van der Waals surface area (Å²) in [6.45, 7) is 18.3. The van der Waals surface area contributed by atoms with E-state index in [1.165, 1.54) is 5.70 Å². The van der Waals surface area contributed by atoms with Crippen molar-refractivity contribution in [2.75, 3.05) is 6.16 Å². The van der Waals surface area contributed by atoms with E-state index in [2.05, 4.69) is 90.5 Å². The second kappa shape index (κ2) is 7.01. The molecule has 1 unspecified atom stereocenters. The maximum absolute atomic E-state index is 3.57. The first kappa shape index (κ1) is 18.3. The first-order chi connectivity index (χ1) is 9.49. The fourth-order valence-corrected chi connectivity index (χ4v) is 5.33. The maximum atomic E-state index is 3.57. The standard InChI is InChI=1S/C18H33N2P/c1-14(2)21(18(6,7)8)13-16-11-9-10-15(20-16)12-19-17(3,4)5/h9-12,14,19-20H,13H2,1-8H3. The van der Waals surface area contributed by atoms with E-state index in [0.717, 1.165) is 17.5 Å². The third-order valence-electron chi connectivity index (χ3n) is 3.36. The maximum Gasteiger partial charge on any atom is 0.0541 e. The van der Waals surface area contributed by atoms with Gasteiger partial charge in [-0.05, 0) is 43.7 Å². The van der Waals surface area contributed by atoms with Crippen LogP contribution in [0.1, 0.15) is 55.4 Å². The van der Waals surface area contributed by atoms with Crippen molar-refractivity contribution in [3.8, 4) is 0 Å². The second-order valence-electron chi connectivity index (χ2n) is 8.06. The van der Waals surface area contributed by atoms with Crippen molar-refractivity contribution in [1.29, 1.82) is 0 Å². The van der Waals surface area contributed by atoms with Crippen LogP contribution in [0.2, 0.25) is 0 Å². The molecule has 0 bridgehead atoms. The molecule has 0 aliphatic carbocycles. The molecule has 0 saturated heterocycles. The lowest BCUT2D eigenvalue weighted by Gasteiger charge is -2.36. The summed E-state index contributed by atoms with van der Waals surface area (Å²) in [7, 11) is -0.0468. The van der Waals surface area contributed by atoms with E-state index in [1.807, 2.05) is 0 Å². The fraction of sp³-hybridized carbons (Fsp3) is 0.667. The van der Waals surface area contributed by atoms with Gasteiger partial charge in [0.2, 0.25) is 0 Å². The highest BCUT2D eigenvalue weighted by Crippen LogP contribution is 2.54. The van der Waals surface area contributed by atoms with Gasteiger partial charge in [-0.3, -0.25) is 0 Å². The van der Waals surface area contributed by atoms with Crippen molar-refractivity contribution in [3.05, 3.63) is 35.8 Å². The summed E-state index contributed by atoms with van der Waals surface area (Å²) in [5.74, 6) is 0. The van der Waals surface area contributed by atoms with Gasteiger partial charge in [0.15, 0.2) is 0 Å². The predicted molar refractivity (Wildman–Crippen MR) is 98.0 cm³/mol. The molecule has 1 heterocycles. The third kappa shape index (κ3) is 6.70. The Morgan fingerprint density at radius 2 is 1.81 bits per heavy atom. The summed E-state index contributed by atoms with van der Waals surface area (Å²) >= 11 is 0. The molecule has 0 aromatic heterocycles. The van der Waals surface area contributed by atoms with Crippen LogP contribution in [0.15, 0.2) is 35.8 Å². The Labute approximate surface area is 132 Å². The summed E-state index contributed by atoms with van der Waals surface area (Å²) in [5, 5.41) is 7.38. The highest BCUT2D eigenvalue weighted by molar-refractivity contribution is 7.60. The number of dihydropyridines is 1. The third-order valence-corrected chi connectivity index (χ3v) is 7.02. The normalized spacial score (nSPS) is 19.5. The molecule has 0 spiro atoms. The summed E-state index contributed by atoms with van der Waals surface area (Å²) < 4.78 is 0. The van der Waals surface area contributed by atoms with E-state index in [1.54, 1.807) is 0 Å². The molecule has 2 nitrogen and oxygen atoms in total. The predicted octanol–water partition coefficient (Wildman–Crippen LogP) is 4.95. The Morgan fingerprint density at radius 1 is 1.19 bits per heavy atom. The molecule has 2 N–H and O–H groups in total. The van der Waals surface area contributed by atoms with Gasteiger partial charge in [0.25, 0.3) is 0 Å². The van der Waals surface area contributed by atoms with Crippen LogP contribution < -0.4 is 10.6 Å². The molecule has 1 rings (SSSR count). The molecule has 21 heavy (non-hydrogen) atoms. The second-order valence-corrected chi connectivity index (χ2v) is 11.7. The van der Waals surface area contributed by atoms with Crippen LogP contribution in [0.3, 0.4) is 0 Å². The number of rotatable bonds is 4. The zero-order valence-electron chi connectivity index (χ0n) is 15.0. The summed E-state index contributed by atoms with van der Waals surface area (Å²) in [4.78, 5) is 0. The van der Waals surface area contributed by atoms with Gasteiger partial charge in [-0.1, -0.05) is 48.6 Å². The van der Waals surface area contributed by atoms with Gasteiger partial charge in [0.05, 0.1) is 5.70 Å². The van der Waals surface area contributed by atoms with Gasteiger partial charge in [-0.15, -0.1) is 0 Å². The van der Waals surface area contributed by atoms with Gasteiger partial charge < -0.3 is 10.6 Å². The lowest BCUT2D eigenvalue weighted by atomic mass is 10.1.